The summed E-state index contributed by atoms with van der Waals surface area (Å²) in [7, 11) is 0. The van der Waals surface area contributed by atoms with E-state index in [1.807, 2.05) is 0 Å². The number of carbonyl (C=O) groups is 1. The minimum atomic E-state index is 0.409. The van der Waals surface area contributed by atoms with Crippen molar-refractivity contribution in [3.05, 3.63) is 12.2 Å². The van der Waals surface area contributed by atoms with Gasteiger partial charge in [-0.15, -0.1) is 0 Å². The monoisotopic (exact) mass is 391 g/mol. The van der Waals surface area contributed by atoms with Crippen LogP contribution in [0.1, 0.15) is 136 Å². The average Bonchev–Trinajstić information content (AvgIpc) is 2.72. The van der Waals surface area contributed by atoms with Crippen molar-refractivity contribution in [3.8, 4) is 0 Å². The number of amides is 1. The molecule has 1 amide bonds. The third-order valence-corrected chi connectivity index (χ3v) is 6.33. The molecule has 0 heterocycles. The van der Waals surface area contributed by atoms with Crippen LogP contribution in [-0.4, -0.2) is 23.4 Å². The Kier molecular flexibility index (Phi) is 16.5. The zero-order chi connectivity index (χ0) is 20.3. The van der Waals surface area contributed by atoms with Gasteiger partial charge in [-0.25, -0.2) is 0 Å². The Hall–Kier alpha value is -0.790. The molecule has 1 rings (SSSR count). The van der Waals surface area contributed by atoms with E-state index >= 15 is 0 Å². The van der Waals surface area contributed by atoms with Crippen molar-refractivity contribution in [3.63, 3.8) is 0 Å². The Labute approximate surface area is 176 Å². The van der Waals surface area contributed by atoms with Gasteiger partial charge in [0.15, 0.2) is 0 Å². The van der Waals surface area contributed by atoms with Crippen molar-refractivity contribution in [2.75, 3.05) is 6.54 Å². The Balaban J connectivity index is 1.91. The number of hydrogen-bond acceptors (Lipinski definition) is 1. The molecule has 28 heavy (non-hydrogen) atoms. The molecule has 0 N–H and O–H groups in total. The van der Waals surface area contributed by atoms with Crippen molar-refractivity contribution in [1.29, 1.82) is 0 Å². The second-order valence-electron chi connectivity index (χ2n) is 8.81. The first kappa shape index (κ1) is 25.2. The summed E-state index contributed by atoms with van der Waals surface area (Å²) in [6, 6.07) is 0.536. The molecule has 0 aromatic heterocycles. The average molecular weight is 392 g/mol. The molecule has 0 saturated heterocycles. The molecule has 0 atom stereocenters. The second-order valence-corrected chi connectivity index (χ2v) is 8.81. The van der Waals surface area contributed by atoms with Crippen LogP contribution >= 0.6 is 0 Å². The standard InChI is InChI=1S/C26H49NO/c1-3-5-6-7-8-9-10-11-12-13-14-15-16-17-21-24-26(28)27(4-2)25-22-19-18-20-23-25/h11-12,25H,3-10,13-24H2,1-2H3/b12-11-. The molecule has 164 valence electrons. The number of carbonyl (C=O) groups excluding carboxylic acids is 1. The maximum Gasteiger partial charge on any atom is 0.222 e. The summed E-state index contributed by atoms with van der Waals surface area (Å²) in [5.41, 5.74) is 0. The van der Waals surface area contributed by atoms with E-state index in [4.69, 9.17) is 0 Å². The van der Waals surface area contributed by atoms with Gasteiger partial charge in [-0.2, -0.15) is 0 Å². The Morgan fingerprint density at radius 2 is 1.29 bits per heavy atom. The van der Waals surface area contributed by atoms with Crippen molar-refractivity contribution in [2.45, 2.75) is 142 Å². The smallest absolute Gasteiger partial charge is 0.222 e. The van der Waals surface area contributed by atoms with Gasteiger partial charge < -0.3 is 4.90 Å². The molecular formula is C26H49NO. The lowest BCUT2D eigenvalue weighted by Gasteiger charge is -2.33. The van der Waals surface area contributed by atoms with Gasteiger partial charge in [0.2, 0.25) is 5.91 Å². The third kappa shape index (κ3) is 12.6. The summed E-state index contributed by atoms with van der Waals surface area (Å²) in [6.07, 6.45) is 29.0. The van der Waals surface area contributed by atoms with Crippen LogP contribution in [-0.2, 0) is 4.79 Å². The summed E-state index contributed by atoms with van der Waals surface area (Å²) >= 11 is 0. The van der Waals surface area contributed by atoms with Crippen LogP contribution in [0.3, 0.4) is 0 Å². The summed E-state index contributed by atoms with van der Waals surface area (Å²) in [5, 5.41) is 0. The van der Waals surface area contributed by atoms with Gasteiger partial charge in [-0.1, -0.05) is 89.7 Å². The zero-order valence-electron chi connectivity index (χ0n) is 19.2. The van der Waals surface area contributed by atoms with Crippen LogP contribution in [0, 0.1) is 0 Å². The van der Waals surface area contributed by atoms with E-state index in [1.54, 1.807) is 0 Å². The third-order valence-electron chi connectivity index (χ3n) is 6.33. The van der Waals surface area contributed by atoms with E-state index < -0.39 is 0 Å². The highest BCUT2D eigenvalue weighted by molar-refractivity contribution is 5.76. The lowest BCUT2D eigenvalue weighted by molar-refractivity contribution is -0.134. The first-order valence-corrected chi connectivity index (χ1v) is 12.7. The van der Waals surface area contributed by atoms with E-state index in [-0.39, 0.29) is 0 Å². The molecule has 0 aliphatic heterocycles. The fourth-order valence-electron chi connectivity index (χ4n) is 4.52. The summed E-state index contributed by atoms with van der Waals surface area (Å²) < 4.78 is 0. The molecule has 0 bridgehead atoms. The van der Waals surface area contributed by atoms with Gasteiger partial charge in [0, 0.05) is 19.0 Å². The highest BCUT2D eigenvalue weighted by atomic mass is 16.2. The number of rotatable bonds is 17. The lowest BCUT2D eigenvalue weighted by Crippen LogP contribution is -2.41. The van der Waals surface area contributed by atoms with Crippen molar-refractivity contribution in [1.82, 2.24) is 4.90 Å². The first-order chi connectivity index (χ1) is 13.8. The highest BCUT2D eigenvalue weighted by Crippen LogP contribution is 2.23. The van der Waals surface area contributed by atoms with Crippen LogP contribution in [0.15, 0.2) is 12.2 Å². The fraction of sp³-hybridized carbons (Fsp3) is 0.885. The molecule has 0 aromatic carbocycles. The molecule has 1 saturated carbocycles. The van der Waals surface area contributed by atoms with Gasteiger partial charge in [-0.3, -0.25) is 4.79 Å². The maximum atomic E-state index is 12.5. The van der Waals surface area contributed by atoms with Gasteiger partial charge in [0.25, 0.3) is 0 Å². The van der Waals surface area contributed by atoms with Crippen molar-refractivity contribution >= 4 is 5.91 Å². The second kappa shape index (κ2) is 18.3. The minimum absolute atomic E-state index is 0.409. The molecule has 0 radical (unpaired) electrons. The number of nitrogens with zero attached hydrogens (tertiary/aromatic N) is 1. The van der Waals surface area contributed by atoms with Crippen LogP contribution in [0.5, 0.6) is 0 Å². The molecular weight excluding hydrogens is 342 g/mol. The van der Waals surface area contributed by atoms with Crippen LogP contribution in [0.2, 0.25) is 0 Å². The molecule has 1 aliphatic rings. The van der Waals surface area contributed by atoms with Gasteiger partial charge in [0.05, 0.1) is 0 Å². The van der Waals surface area contributed by atoms with E-state index in [9.17, 15) is 4.79 Å². The van der Waals surface area contributed by atoms with Gasteiger partial charge in [0.1, 0.15) is 0 Å². The summed E-state index contributed by atoms with van der Waals surface area (Å²) in [6.45, 7) is 5.32. The molecule has 1 fully saturated rings. The molecule has 0 aromatic rings. The van der Waals surface area contributed by atoms with E-state index in [2.05, 4.69) is 30.9 Å². The summed E-state index contributed by atoms with van der Waals surface area (Å²) in [4.78, 5) is 14.7. The molecule has 0 unspecified atom stereocenters. The van der Waals surface area contributed by atoms with Crippen molar-refractivity contribution < 1.29 is 4.79 Å². The Morgan fingerprint density at radius 3 is 1.86 bits per heavy atom. The lowest BCUT2D eigenvalue weighted by atomic mass is 9.94. The van der Waals surface area contributed by atoms with E-state index in [0.717, 1.165) is 19.4 Å². The van der Waals surface area contributed by atoms with Crippen LogP contribution < -0.4 is 0 Å². The van der Waals surface area contributed by atoms with E-state index in [1.165, 1.54) is 109 Å². The first-order valence-electron chi connectivity index (χ1n) is 12.7. The molecule has 2 nitrogen and oxygen atoms in total. The zero-order valence-corrected chi connectivity index (χ0v) is 19.2. The van der Waals surface area contributed by atoms with Gasteiger partial charge >= 0.3 is 0 Å². The molecule has 2 heteroatoms. The van der Waals surface area contributed by atoms with Crippen LogP contribution in [0.4, 0.5) is 0 Å². The Morgan fingerprint density at radius 1 is 0.750 bits per heavy atom. The van der Waals surface area contributed by atoms with Gasteiger partial charge in [-0.05, 0) is 51.9 Å². The predicted octanol–water partition coefficient (Wildman–Crippen LogP) is 8.21. The van der Waals surface area contributed by atoms with E-state index in [0.29, 0.717) is 11.9 Å². The molecule has 0 spiro atoms. The number of hydrogen-bond donors (Lipinski definition) is 0. The number of unbranched alkanes of at least 4 members (excludes halogenated alkanes) is 11. The minimum Gasteiger partial charge on any atom is -0.340 e. The predicted molar refractivity (Wildman–Crippen MR) is 124 cm³/mol. The molecule has 1 aliphatic carbocycles. The topological polar surface area (TPSA) is 20.3 Å². The number of allylic oxidation sites excluding steroid dienone is 2. The largest absolute Gasteiger partial charge is 0.340 e. The highest BCUT2D eigenvalue weighted by Gasteiger charge is 2.23. The maximum absolute atomic E-state index is 12.5. The summed E-state index contributed by atoms with van der Waals surface area (Å²) in [5.74, 6) is 0.409. The quantitative estimate of drug-likeness (QED) is 0.181. The Bertz CT molecular complexity index is 384. The van der Waals surface area contributed by atoms with Crippen molar-refractivity contribution in [2.24, 2.45) is 0 Å². The van der Waals surface area contributed by atoms with Crippen LogP contribution in [0.25, 0.3) is 0 Å². The normalized spacial score (nSPS) is 15.4. The SMILES string of the molecule is CCCCCCCC/C=C\CCCCCCCC(=O)N(CC)C1CCCCC1. The fourth-order valence-corrected chi connectivity index (χ4v) is 4.52.